The Balaban J connectivity index is 1.33. The van der Waals surface area contributed by atoms with Crippen LogP contribution in [0.5, 0.6) is 0 Å². The molecule has 2 fully saturated rings. The average Bonchev–Trinajstić information content (AvgIpc) is 3.27. The van der Waals surface area contributed by atoms with Crippen molar-refractivity contribution in [2.75, 3.05) is 6.61 Å². The molecule has 2 aliphatic rings. The van der Waals surface area contributed by atoms with E-state index in [9.17, 15) is 9.59 Å². The molecule has 0 radical (unpaired) electrons. The molecule has 1 heterocycles. The Morgan fingerprint density at radius 1 is 1.17 bits per heavy atom. The van der Waals surface area contributed by atoms with Crippen molar-refractivity contribution >= 4 is 22.7 Å². The van der Waals surface area contributed by atoms with Crippen LogP contribution in [0, 0.1) is 17.8 Å². The maximum Gasteiger partial charge on any atom is 0.306 e. The van der Waals surface area contributed by atoms with Gasteiger partial charge >= 0.3 is 5.97 Å². The fourth-order valence-electron chi connectivity index (χ4n) is 4.43. The van der Waals surface area contributed by atoms with E-state index < -0.39 is 0 Å². The van der Waals surface area contributed by atoms with Crippen molar-refractivity contribution in [3.63, 3.8) is 0 Å². The van der Waals surface area contributed by atoms with Crippen LogP contribution in [0.2, 0.25) is 0 Å². The van der Waals surface area contributed by atoms with Crippen LogP contribution in [-0.2, 0) is 9.53 Å². The van der Waals surface area contributed by atoms with Gasteiger partial charge in [0.1, 0.15) is 0 Å². The zero-order chi connectivity index (χ0) is 15.8. The summed E-state index contributed by atoms with van der Waals surface area (Å²) in [5, 5.41) is 0.877. The van der Waals surface area contributed by atoms with Crippen molar-refractivity contribution in [2.45, 2.75) is 32.1 Å². The van der Waals surface area contributed by atoms with Crippen LogP contribution in [0.25, 0.3) is 10.9 Å². The maximum atomic E-state index is 12.3. The van der Waals surface area contributed by atoms with Gasteiger partial charge in [0.05, 0.1) is 0 Å². The molecule has 23 heavy (non-hydrogen) atoms. The average molecular weight is 311 g/mol. The van der Waals surface area contributed by atoms with E-state index in [1.165, 1.54) is 19.3 Å². The lowest BCUT2D eigenvalue weighted by Crippen LogP contribution is -2.19. The predicted octanol–water partition coefficient (Wildman–Crippen LogP) is 3.72. The molecular weight excluding hydrogens is 290 g/mol. The number of carbonyl (C=O) groups is 2. The zero-order valence-corrected chi connectivity index (χ0v) is 13.1. The molecule has 4 rings (SSSR count). The number of hydrogen-bond donors (Lipinski definition) is 1. The van der Waals surface area contributed by atoms with Gasteiger partial charge in [0.25, 0.3) is 0 Å². The van der Waals surface area contributed by atoms with Gasteiger partial charge in [-0.15, -0.1) is 0 Å². The van der Waals surface area contributed by atoms with Crippen LogP contribution in [0.4, 0.5) is 0 Å². The predicted molar refractivity (Wildman–Crippen MR) is 87.1 cm³/mol. The van der Waals surface area contributed by atoms with Crippen LogP contribution in [-0.4, -0.2) is 23.3 Å². The number of carbonyl (C=O) groups excluding carboxylic acids is 2. The second-order valence-corrected chi connectivity index (χ2v) is 6.97. The fourth-order valence-corrected chi connectivity index (χ4v) is 4.43. The normalized spacial score (nSPS) is 25.8. The number of ether oxygens (including phenoxy) is 1. The lowest BCUT2D eigenvalue weighted by Gasteiger charge is -2.20. The molecule has 1 aromatic carbocycles. The summed E-state index contributed by atoms with van der Waals surface area (Å²) >= 11 is 0. The Labute approximate surface area is 135 Å². The number of Topliss-reactive ketones (excluding diaryl/α,β-unsaturated/α-hetero) is 1. The Morgan fingerprint density at radius 3 is 2.83 bits per heavy atom. The number of benzene rings is 1. The number of esters is 1. The Bertz CT molecular complexity index is 748. The van der Waals surface area contributed by atoms with Crippen molar-refractivity contribution in [3.05, 3.63) is 36.0 Å². The number of fused-ring (bicyclic) bond motifs is 3. The van der Waals surface area contributed by atoms with E-state index in [1.807, 2.05) is 24.3 Å². The summed E-state index contributed by atoms with van der Waals surface area (Å²) in [6.45, 7) is -0.165. The summed E-state index contributed by atoms with van der Waals surface area (Å²) < 4.78 is 5.24. The van der Waals surface area contributed by atoms with Crippen molar-refractivity contribution in [1.82, 2.24) is 4.98 Å². The monoisotopic (exact) mass is 311 g/mol. The van der Waals surface area contributed by atoms with Gasteiger partial charge < -0.3 is 9.72 Å². The first-order chi connectivity index (χ1) is 11.2. The summed E-state index contributed by atoms with van der Waals surface area (Å²) in [4.78, 5) is 27.4. The molecule has 120 valence electrons. The third-order valence-electron chi connectivity index (χ3n) is 5.57. The number of aromatic amines is 1. The Hall–Kier alpha value is -2.10. The SMILES string of the molecule is O=C(C[C@H]1C[C@@H]2CC[C@@H]1C2)OCC(=O)c1c[nH]c2ccccc12. The van der Waals surface area contributed by atoms with Gasteiger partial charge in [-0.2, -0.15) is 0 Å². The largest absolute Gasteiger partial charge is 0.457 e. The van der Waals surface area contributed by atoms with Crippen molar-refractivity contribution in [1.29, 1.82) is 0 Å². The van der Waals surface area contributed by atoms with Crippen molar-refractivity contribution in [3.8, 4) is 0 Å². The van der Waals surface area contributed by atoms with Crippen molar-refractivity contribution < 1.29 is 14.3 Å². The minimum atomic E-state index is -0.226. The molecule has 0 amide bonds. The third-order valence-corrected chi connectivity index (χ3v) is 5.57. The highest BCUT2D eigenvalue weighted by Crippen LogP contribution is 2.49. The second-order valence-electron chi connectivity index (χ2n) is 6.97. The minimum Gasteiger partial charge on any atom is -0.457 e. The highest BCUT2D eigenvalue weighted by Gasteiger charge is 2.40. The summed E-state index contributed by atoms with van der Waals surface area (Å²) in [6, 6.07) is 7.64. The van der Waals surface area contributed by atoms with E-state index in [4.69, 9.17) is 4.74 Å². The molecule has 0 saturated heterocycles. The molecule has 1 N–H and O–H groups in total. The van der Waals surface area contributed by atoms with Crippen LogP contribution < -0.4 is 0 Å². The summed E-state index contributed by atoms with van der Waals surface area (Å²) in [5.74, 6) is 1.63. The highest BCUT2D eigenvalue weighted by atomic mass is 16.5. The number of ketones is 1. The number of hydrogen-bond acceptors (Lipinski definition) is 3. The van der Waals surface area contributed by atoms with Crippen LogP contribution in [0.3, 0.4) is 0 Å². The summed E-state index contributed by atoms with van der Waals surface area (Å²) in [7, 11) is 0. The minimum absolute atomic E-state index is 0.149. The van der Waals surface area contributed by atoms with E-state index in [1.54, 1.807) is 6.20 Å². The molecule has 2 saturated carbocycles. The molecule has 2 bridgehead atoms. The van der Waals surface area contributed by atoms with Gasteiger partial charge in [-0.1, -0.05) is 24.6 Å². The first-order valence-electron chi connectivity index (χ1n) is 8.45. The summed E-state index contributed by atoms with van der Waals surface area (Å²) in [5.41, 5.74) is 1.51. The molecule has 0 spiro atoms. The molecular formula is C19H21NO3. The number of nitrogens with one attached hydrogen (secondary N) is 1. The molecule has 4 heteroatoms. The third kappa shape index (κ3) is 2.78. The fraction of sp³-hybridized carbons (Fsp3) is 0.474. The first-order valence-corrected chi connectivity index (χ1v) is 8.45. The number of aromatic nitrogens is 1. The molecule has 2 aliphatic carbocycles. The Kier molecular flexibility index (Phi) is 3.68. The van der Waals surface area contributed by atoms with Gasteiger partial charge in [-0.25, -0.2) is 0 Å². The molecule has 2 aromatic rings. The van der Waals surface area contributed by atoms with Crippen molar-refractivity contribution in [2.24, 2.45) is 17.8 Å². The van der Waals surface area contributed by atoms with Gasteiger partial charge in [0.2, 0.25) is 5.78 Å². The molecule has 0 unspecified atom stereocenters. The topological polar surface area (TPSA) is 59.2 Å². The molecule has 1 aromatic heterocycles. The molecule has 3 atom stereocenters. The van der Waals surface area contributed by atoms with Gasteiger partial charge in [0, 0.05) is 29.1 Å². The van der Waals surface area contributed by atoms with E-state index >= 15 is 0 Å². The van der Waals surface area contributed by atoms with Gasteiger partial charge in [-0.3, -0.25) is 9.59 Å². The maximum absolute atomic E-state index is 12.3. The molecule has 0 aliphatic heterocycles. The lowest BCUT2D eigenvalue weighted by molar-refractivity contribution is -0.144. The number of rotatable bonds is 5. The standard InChI is InChI=1S/C19H21NO3/c21-18(16-10-20-17-4-2-1-3-15(16)17)11-23-19(22)9-14-8-12-5-6-13(14)7-12/h1-4,10,12-14,20H,5-9,11H2/t12-,13-,14-/m1/s1. The van der Waals surface area contributed by atoms with E-state index in [-0.39, 0.29) is 18.4 Å². The van der Waals surface area contributed by atoms with Crippen LogP contribution >= 0.6 is 0 Å². The van der Waals surface area contributed by atoms with E-state index in [0.717, 1.165) is 23.2 Å². The quantitative estimate of drug-likeness (QED) is 0.676. The van der Waals surface area contributed by atoms with Gasteiger partial charge in [-0.05, 0) is 43.1 Å². The zero-order valence-electron chi connectivity index (χ0n) is 13.1. The van der Waals surface area contributed by atoms with Crippen LogP contribution in [0.1, 0.15) is 42.5 Å². The smallest absolute Gasteiger partial charge is 0.306 e. The summed E-state index contributed by atoms with van der Waals surface area (Å²) in [6.07, 6.45) is 7.20. The number of H-pyrrole nitrogens is 1. The number of para-hydroxylation sites is 1. The van der Waals surface area contributed by atoms with E-state index in [0.29, 0.717) is 23.8 Å². The first kappa shape index (κ1) is 14.5. The molecule has 4 nitrogen and oxygen atoms in total. The van der Waals surface area contributed by atoms with E-state index in [2.05, 4.69) is 4.98 Å². The van der Waals surface area contributed by atoms with Crippen LogP contribution in [0.15, 0.2) is 30.5 Å². The highest BCUT2D eigenvalue weighted by molar-refractivity contribution is 6.08. The lowest BCUT2D eigenvalue weighted by atomic mass is 9.86. The second kappa shape index (κ2) is 5.84. The Morgan fingerprint density at radius 2 is 2.04 bits per heavy atom. The van der Waals surface area contributed by atoms with Gasteiger partial charge in [0.15, 0.2) is 6.61 Å².